The fourth-order valence-corrected chi connectivity index (χ4v) is 3.39. The van der Waals surface area contributed by atoms with E-state index >= 15 is 0 Å². The molecular formula is C16H25NO. The maximum atomic E-state index is 6.13. The number of hydrogen-bond donors (Lipinski definition) is 1. The molecule has 0 bridgehead atoms. The summed E-state index contributed by atoms with van der Waals surface area (Å²) in [6, 6.07) is 4.46. The summed E-state index contributed by atoms with van der Waals surface area (Å²) in [6.07, 6.45) is 6.44. The van der Waals surface area contributed by atoms with Crippen LogP contribution in [0.15, 0.2) is 12.1 Å². The summed E-state index contributed by atoms with van der Waals surface area (Å²) in [5.74, 6) is 0.985. The molecule has 0 saturated heterocycles. The average Bonchev–Trinajstić information content (AvgIpc) is 2.41. The zero-order valence-electron chi connectivity index (χ0n) is 11.9. The molecule has 0 heterocycles. The van der Waals surface area contributed by atoms with E-state index in [1.807, 2.05) is 0 Å². The first-order chi connectivity index (χ1) is 8.63. The van der Waals surface area contributed by atoms with Gasteiger partial charge in [0.25, 0.3) is 0 Å². The van der Waals surface area contributed by atoms with E-state index in [9.17, 15) is 0 Å². The normalized spacial score (nSPS) is 18.7. The van der Waals surface area contributed by atoms with Crippen molar-refractivity contribution in [2.24, 2.45) is 5.73 Å². The topological polar surface area (TPSA) is 35.2 Å². The molecule has 0 aromatic heterocycles. The van der Waals surface area contributed by atoms with Gasteiger partial charge in [0, 0.05) is 12.0 Å². The van der Waals surface area contributed by atoms with Gasteiger partial charge in [-0.15, -0.1) is 0 Å². The molecule has 0 spiro atoms. The van der Waals surface area contributed by atoms with Gasteiger partial charge >= 0.3 is 0 Å². The van der Waals surface area contributed by atoms with Gasteiger partial charge in [-0.25, -0.2) is 0 Å². The van der Waals surface area contributed by atoms with Gasteiger partial charge in [-0.1, -0.05) is 25.3 Å². The van der Waals surface area contributed by atoms with Crippen LogP contribution in [-0.4, -0.2) is 13.7 Å². The van der Waals surface area contributed by atoms with Crippen LogP contribution >= 0.6 is 0 Å². The average molecular weight is 247 g/mol. The van der Waals surface area contributed by atoms with Crippen LogP contribution in [-0.2, 0) is 5.41 Å². The molecule has 18 heavy (non-hydrogen) atoms. The van der Waals surface area contributed by atoms with E-state index in [0.29, 0.717) is 0 Å². The fourth-order valence-electron chi connectivity index (χ4n) is 3.39. The molecule has 2 rings (SSSR count). The number of aryl methyl sites for hydroxylation is 2. The second-order valence-corrected chi connectivity index (χ2v) is 5.68. The molecule has 1 fully saturated rings. The third-order valence-corrected chi connectivity index (χ3v) is 4.51. The van der Waals surface area contributed by atoms with Gasteiger partial charge < -0.3 is 10.5 Å². The third-order valence-electron chi connectivity index (χ3n) is 4.51. The van der Waals surface area contributed by atoms with Crippen molar-refractivity contribution < 1.29 is 4.74 Å². The molecule has 2 N–H and O–H groups in total. The highest BCUT2D eigenvalue weighted by Crippen LogP contribution is 2.41. The minimum Gasteiger partial charge on any atom is -0.496 e. The van der Waals surface area contributed by atoms with Crippen LogP contribution in [0.3, 0.4) is 0 Å². The van der Waals surface area contributed by atoms with E-state index in [-0.39, 0.29) is 5.41 Å². The monoisotopic (exact) mass is 247 g/mol. The summed E-state index contributed by atoms with van der Waals surface area (Å²) < 4.78 is 5.40. The molecule has 0 atom stereocenters. The Morgan fingerprint density at radius 3 is 2.33 bits per heavy atom. The van der Waals surface area contributed by atoms with Crippen LogP contribution in [0, 0.1) is 13.8 Å². The Balaban J connectivity index is 2.45. The Morgan fingerprint density at radius 1 is 1.11 bits per heavy atom. The highest BCUT2D eigenvalue weighted by molar-refractivity contribution is 5.45. The lowest BCUT2D eigenvalue weighted by atomic mass is 9.68. The predicted octanol–water partition coefficient (Wildman–Crippen LogP) is 3.47. The van der Waals surface area contributed by atoms with Crippen molar-refractivity contribution >= 4 is 0 Å². The minimum absolute atomic E-state index is 0.208. The van der Waals surface area contributed by atoms with Crippen molar-refractivity contribution in [1.82, 2.24) is 0 Å². The van der Waals surface area contributed by atoms with E-state index in [0.717, 1.165) is 12.3 Å². The Kier molecular flexibility index (Phi) is 3.96. The van der Waals surface area contributed by atoms with Crippen LogP contribution in [0.25, 0.3) is 0 Å². The summed E-state index contributed by atoms with van der Waals surface area (Å²) in [7, 11) is 1.74. The molecule has 0 amide bonds. The quantitative estimate of drug-likeness (QED) is 0.887. The van der Waals surface area contributed by atoms with Crippen molar-refractivity contribution in [3.05, 3.63) is 28.8 Å². The first-order valence-electron chi connectivity index (χ1n) is 6.99. The Morgan fingerprint density at radius 2 is 1.78 bits per heavy atom. The minimum atomic E-state index is 0.208. The van der Waals surface area contributed by atoms with Crippen LogP contribution in [0.5, 0.6) is 5.75 Å². The van der Waals surface area contributed by atoms with E-state index in [1.54, 1.807) is 7.11 Å². The molecule has 1 saturated carbocycles. The van der Waals surface area contributed by atoms with Gasteiger partial charge in [-0.3, -0.25) is 0 Å². The SMILES string of the molecule is COc1cc(C)c(C2(CN)CCCCC2)cc1C. The molecule has 2 heteroatoms. The van der Waals surface area contributed by atoms with E-state index in [2.05, 4.69) is 26.0 Å². The lowest BCUT2D eigenvalue weighted by molar-refractivity contribution is 0.299. The Labute approximate surface area is 111 Å². The summed E-state index contributed by atoms with van der Waals surface area (Å²) in [6.45, 7) is 5.07. The zero-order chi connectivity index (χ0) is 13.2. The Bertz CT molecular complexity index is 419. The number of rotatable bonds is 3. The lowest BCUT2D eigenvalue weighted by Crippen LogP contribution is -2.37. The van der Waals surface area contributed by atoms with Gasteiger partial charge in [0.1, 0.15) is 5.75 Å². The second kappa shape index (κ2) is 5.31. The van der Waals surface area contributed by atoms with Crippen LogP contribution in [0.2, 0.25) is 0 Å². The molecule has 100 valence electrons. The van der Waals surface area contributed by atoms with Gasteiger partial charge in [0.05, 0.1) is 7.11 Å². The third kappa shape index (κ3) is 2.26. The molecule has 2 nitrogen and oxygen atoms in total. The standard InChI is InChI=1S/C16H25NO/c1-12-10-15(18-3)13(2)9-14(12)16(11-17)7-5-4-6-8-16/h9-10H,4-8,11,17H2,1-3H3. The molecule has 1 aliphatic rings. The summed E-state index contributed by atoms with van der Waals surface area (Å²) in [4.78, 5) is 0. The molecule has 1 aliphatic carbocycles. The first kappa shape index (κ1) is 13.4. The van der Waals surface area contributed by atoms with Crippen molar-refractivity contribution in [1.29, 1.82) is 0 Å². The highest BCUT2D eigenvalue weighted by Gasteiger charge is 2.34. The van der Waals surface area contributed by atoms with Crippen molar-refractivity contribution in [2.75, 3.05) is 13.7 Å². The number of nitrogens with two attached hydrogens (primary N) is 1. The van der Waals surface area contributed by atoms with E-state index < -0.39 is 0 Å². The summed E-state index contributed by atoms with van der Waals surface area (Å²) in [5, 5.41) is 0. The molecular weight excluding hydrogens is 222 g/mol. The smallest absolute Gasteiger partial charge is 0.122 e. The van der Waals surface area contributed by atoms with Gasteiger partial charge in [-0.2, -0.15) is 0 Å². The van der Waals surface area contributed by atoms with Gasteiger partial charge in [0.15, 0.2) is 0 Å². The lowest BCUT2D eigenvalue weighted by Gasteiger charge is -2.38. The van der Waals surface area contributed by atoms with E-state index in [1.165, 1.54) is 48.8 Å². The Hall–Kier alpha value is -1.02. The summed E-state index contributed by atoms with van der Waals surface area (Å²) >= 11 is 0. The van der Waals surface area contributed by atoms with E-state index in [4.69, 9.17) is 10.5 Å². The van der Waals surface area contributed by atoms with Crippen molar-refractivity contribution in [3.8, 4) is 5.75 Å². The number of benzene rings is 1. The van der Waals surface area contributed by atoms with Crippen LogP contribution < -0.4 is 10.5 Å². The maximum absolute atomic E-state index is 6.13. The van der Waals surface area contributed by atoms with Crippen LogP contribution in [0.1, 0.15) is 48.8 Å². The van der Waals surface area contributed by atoms with Gasteiger partial charge in [-0.05, 0) is 49.4 Å². The number of methoxy groups -OCH3 is 1. The molecule has 0 aliphatic heterocycles. The highest BCUT2D eigenvalue weighted by atomic mass is 16.5. The number of hydrogen-bond acceptors (Lipinski definition) is 2. The largest absolute Gasteiger partial charge is 0.496 e. The first-order valence-corrected chi connectivity index (χ1v) is 6.99. The predicted molar refractivity (Wildman–Crippen MR) is 76.3 cm³/mol. The molecule has 1 aromatic rings. The van der Waals surface area contributed by atoms with Crippen molar-refractivity contribution in [2.45, 2.75) is 51.4 Å². The van der Waals surface area contributed by atoms with Crippen molar-refractivity contribution in [3.63, 3.8) is 0 Å². The molecule has 0 radical (unpaired) electrons. The maximum Gasteiger partial charge on any atom is 0.122 e. The second-order valence-electron chi connectivity index (χ2n) is 5.68. The van der Waals surface area contributed by atoms with Gasteiger partial charge in [0.2, 0.25) is 0 Å². The number of ether oxygens (including phenoxy) is 1. The zero-order valence-corrected chi connectivity index (χ0v) is 11.9. The van der Waals surface area contributed by atoms with Crippen LogP contribution in [0.4, 0.5) is 0 Å². The molecule has 0 unspecified atom stereocenters. The summed E-state index contributed by atoms with van der Waals surface area (Å²) in [5.41, 5.74) is 10.3. The molecule has 1 aromatic carbocycles. The fraction of sp³-hybridized carbons (Fsp3) is 0.625.